The van der Waals surface area contributed by atoms with Gasteiger partial charge in [0.25, 0.3) is 0 Å². The second-order valence-corrected chi connectivity index (χ2v) is 13.8. The third kappa shape index (κ3) is 4.90. The van der Waals surface area contributed by atoms with Gasteiger partial charge < -0.3 is 0 Å². The molecule has 236 valence electrons. The van der Waals surface area contributed by atoms with E-state index in [0.717, 1.165) is 0 Å². The molecule has 8 aromatic carbocycles. The van der Waals surface area contributed by atoms with Crippen LogP contribution in [0.15, 0.2) is 170 Å². The Morgan fingerprint density at radius 2 is 0.940 bits per heavy atom. The Kier molecular flexibility index (Phi) is 7.49. The van der Waals surface area contributed by atoms with Crippen LogP contribution in [0.5, 0.6) is 0 Å². The van der Waals surface area contributed by atoms with Crippen molar-refractivity contribution in [3.05, 3.63) is 181 Å². The first kappa shape index (κ1) is 30.1. The van der Waals surface area contributed by atoms with Gasteiger partial charge in [0.1, 0.15) is 0 Å². The minimum absolute atomic E-state index is 1.19. The molecule has 0 nitrogen and oxygen atoms in total. The van der Waals surface area contributed by atoms with Crippen molar-refractivity contribution in [3.63, 3.8) is 0 Å². The highest BCUT2D eigenvalue weighted by atomic mass is 32.1. The van der Waals surface area contributed by atoms with Gasteiger partial charge in [0.05, 0.1) is 0 Å². The van der Waals surface area contributed by atoms with Gasteiger partial charge in [0.2, 0.25) is 0 Å². The average Bonchev–Trinajstić information content (AvgIpc) is 3.57. The summed E-state index contributed by atoms with van der Waals surface area (Å²) >= 11 is 1.88. The molecule has 0 fully saturated rings. The fourth-order valence-corrected chi connectivity index (χ4v) is 9.01. The number of hydrogen-bond acceptors (Lipinski definition) is 1. The van der Waals surface area contributed by atoms with Crippen LogP contribution >= 0.6 is 11.3 Å². The molecular weight excluding hydrogens is 621 g/mol. The summed E-state index contributed by atoms with van der Waals surface area (Å²) in [6, 6.07) is 57.7. The number of benzene rings is 8. The maximum Gasteiger partial charge on any atom is 0.0433 e. The van der Waals surface area contributed by atoms with E-state index in [1.807, 2.05) is 17.4 Å². The van der Waals surface area contributed by atoms with Crippen LogP contribution in [0.1, 0.15) is 6.92 Å². The zero-order valence-corrected chi connectivity index (χ0v) is 28.7. The zero-order valence-electron chi connectivity index (χ0n) is 27.9. The van der Waals surface area contributed by atoms with Gasteiger partial charge in [0.15, 0.2) is 0 Å². The molecule has 0 saturated carbocycles. The van der Waals surface area contributed by atoms with Crippen molar-refractivity contribution in [1.29, 1.82) is 0 Å². The summed E-state index contributed by atoms with van der Waals surface area (Å²) in [5.41, 5.74) is 9.87. The Morgan fingerprint density at radius 3 is 1.62 bits per heavy atom. The van der Waals surface area contributed by atoms with E-state index in [1.165, 1.54) is 96.7 Å². The maximum atomic E-state index is 4.15. The van der Waals surface area contributed by atoms with Crippen molar-refractivity contribution < 1.29 is 0 Å². The van der Waals surface area contributed by atoms with Gasteiger partial charge in [-0.05, 0) is 89.5 Å². The summed E-state index contributed by atoms with van der Waals surface area (Å²) < 4.78 is 2.67. The van der Waals surface area contributed by atoms with Crippen LogP contribution in [0.2, 0.25) is 0 Å². The normalized spacial score (nSPS) is 12.4. The highest BCUT2D eigenvalue weighted by molar-refractivity contribution is 7.26. The van der Waals surface area contributed by atoms with E-state index in [2.05, 4.69) is 183 Å². The van der Waals surface area contributed by atoms with Gasteiger partial charge in [-0.2, -0.15) is 0 Å². The molecule has 1 aromatic heterocycles. The molecule has 9 rings (SSSR count). The number of rotatable bonds is 5. The van der Waals surface area contributed by atoms with Crippen LogP contribution in [-0.4, -0.2) is 0 Å². The molecule has 1 heteroatoms. The standard InChI is InChI=1S/C49H34S/c1-3-13-42-37(4-2)47(35-30-26-34(27-31-35)40-21-12-22-45-41-17-9-10-23-46(41)50-49(40)45)43-18-7-8-19-44(43)48(42)36-28-24-33(25-29-36)39-20-11-15-32-14-5-6-16-38(32)39/h3-31H,1H2,2H3/b37-4+,42-13+. The lowest BCUT2D eigenvalue weighted by Crippen LogP contribution is -2.29. The molecule has 0 N–H and O–H groups in total. The fraction of sp³-hybridized carbons (Fsp3) is 0.0204. The Bertz CT molecular complexity index is 2860. The summed E-state index contributed by atoms with van der Waals surface area (Å²) in [4.78, 5) is 0. The minimum atomic E-state index is 1.19. The van der Waals surface area contributed by atoms with Crippen molar-refractivity contribution in [2.24, 2.45) is 0 Å². The Labute approximate surface area is 296 Å². The average molecular weight is 655 g/mol. The van der Waals surface area contributed by atoms with E-state index >= 15 is 0 Å². The highest BCUT2D eigenvalue weighted by Gasteiger charge is 2.16. The van der Waals surface area contributed by atoms with Crippen molar-refractivity contribution in [1.82, 2.24) is 0 Å². The van der Waals surface area contributed by atoms with Gasteiger partial charge in [-0.3, -0.25) is 0 Å². The van der Waals surface area contributed by atoms with E-state index in [1.54, 1.807) is 0 Å². The van der Waals surface area contributed by atoms with Gasteiger partial charge in [0, 0.05) is 20.2 Å². The summed E-state index contributed by atoms with van der Waals surface area (Å²) in [7, 11) is 0. The Balaban J connectivity index is 1.20. The van der Waals surface area contributed by atoms with Gasteiger partial charge >= 0.3 is 0 Å². The van der Waals surface area contributed by atoms with Gasteiger partial charge in [-0.1, -0.05) is 176 Å². The number of hydrogen-bond donors (Lipinski definition) is 0. The van der Waals surface area contributed by atoms with Crippen molar-refractivity contribution >= 4 is 65.2 Å². The van der Waals surface area contributed by atoms with Gasteiger partial charge in [-0.25, -0.2) is 0 Å². The first-order valence-corrected chi connectivity index (χ1v) is 18.0. The quantitative estimate of drug-likeness (QED) is 0.173. The molecule has 0 saturated heterocycles. The lowest BCUT2D eigenvalue weighted by Gasteiger charge is -2.16. The molecule has 0 spiro atoms. The smallest absolute Gasteiger partial charge is 0.0433 e. The van der Waals surface area contributed by atoms with E-state index in [9.17, 15) is 0 Å². The second kappa shape index (κ2) is 12.5. The molecule has 0 aliphatic heterocycles. The zero-order chi connectivity index (χ0) is 33.6. The van der Waals surface area contributed by atoms with Crippen LogP contribution in [0.3, 0.4) is 0 Å². The molecule has 1 heterocycles. The summed E-state index contributed by atoms with van der Waals surface area (Å²) in [6.45, 7) is 6.30. The third-order valence-corrected chi connectivity index (χ3v) is 11.3. The molecule has 0 amide bonds. The molecular formula is C49H34S. The number of allylic oxidation sites excluding steroid dienone is 1. The minimum Gasteiger partial charge on any atom is -0.135 e. The molecule has 0 aliphatic carbocycles. The van der Waals surface area contributed by atoms with E-state index in [4.69, 9.17) is 0 Å². The molecule has 0 unspecified atom stereocenters. The highest BCUT2D eigenvalue weighted by Crippen LogP contribution is 2.40. The lowest BCUT2D eigenvalue weighted by molar-refractivity contribution is 1.51. The van der Waals surface area contributed by atoms with E-state index in [0.29, 0.717) is 0 Å². The fourth-order valence-electron chi connectivity index (χ4n) is 7.78. The van der Waals surface area contributed by atoms with Crippen LogP contribution in [0.25, 0.3) is 98.4 Å². The van der Waals surface area contributed by atoms with E-state index in [-0.39, 0.29) is 0 Å². The molecule has 0 bridgehead atoms. The summed E-state index contributed by atoms with van der Waals surface area (Å²) in [5.74, 6) is 0. The summed E-state index contributed by atoms with van der Waals surface area (Å²) in [6.07, 6.45) is 6.36. The number of thiophene rings is 1. The molecule has 0 radical (unpaired) electrons. The van der Waals surface area contributed by atoms with Crippen molar-refractivity contribution in [3.8, 4) is 44.5 Å². The van der Waals surface area contributed by atoms with Crippen LogP contribution in [0, 0.1) is 0 Å². The van der Waals surface area contributed by atoms with Crippen LogP contribution < -0.4 is 10.4 Å². The third-order valence-electron chi connectivity index (χ3n) is 10.0. The van der Waals surface area contributed by atoms with Crippen molar-refractivity contribution in [2.45, 2.75) is 6.92 Å². The van der Waals surface area contributed by atoms with Crippen LogP contribution in [-0.2, 0) is 0 Å². The van der Waals surface area contributed by atoms with Gasteiger partial charge in [-0.15, -0.1) is 11.3 Å². The Hall–Kier alpha value is -6.02. The first-order chi connectivity index (χ1) is 24.7. The molecule has 0 aliphatic rings. The Morgan fingerprint density at radius 1 is 0.440 bits per heavy atom. The monoisotopic (exact) mass is 654 g/mol. The molecule has 0 atom stereocenters. The number of fused-ring (bicyclic) bond motifs is 5. The van der Waals surface area contributed by atoms with Crippen molar-refractivity contribution in [2.75, 3.05) is 0 Å². The maximum absolute atomic E-state index is 4.15. The van der Waals surface area contributed by atoms with Crippen LogP contribution in [0.4, 0.5) is 0 Å². The first-order valence-electron chi connectivity index (χ1n) is 17.2. The topological polar surface area (TPSA) is 0 Å². The summed E-state index contributed by atoms with van der Waals surface area (Å²) in [5, 5.41) is 10.1. The second-order valence-electron chi connectivity index (χ2n) is 12.8. The molecule has 50 heavy (non-hydrogen) atoms. The largest absolute Gasteiger partial charge is 0.135 e. The predicted molar refractivity (Wildman–Crippen MR) is 220 cm³/mol. The molecule has 9 aromatic rings. The SMILES string of the molecule is C=C/C=c1/c(-c2ccc(-c3cccc4ccccc34)cc2)c2ccccc2c(-c2ccc(-c3cccc4c3sc3ccccc34)cc2)/c1=C/C. The lowest BCUT2D eigenvalue weighted by atomic mass is 9.87. The van der Waals surface area contributed by atoms with E-state index < -0.39 is 0 Å². The predicted octanol–water partition coefficient (Wildman–Crippen LogP) is 12.8.